The van der Waals surface area contributed by atoms with Crippen molar-refractivity contribution in [3.63, 3.8) is 0 Å². The van der Waals surface area contributed by atoms with Gasteiger partial charge in [-0.25, -0.2) is 0 Å². The average Bonchev–Trinajstić information content (AvgIpc) is 2.93. The minimum Gasteiger partial charge on any atom is -0.336 e. The van der Waals surface area contributed by atoms with Gasteiger partial charge >= 0.3 is 0 Å². The molecule has 1 amide bonds. The maximum Gasteiger partial charge on any atom is 0.254 e. The van der Waals surface area contributed by atoms with E-state index in [4.69, 9.17) is 0 Å². The van der Waals surface area contributed by atoms with Gasteiger partial charge in [0.2, 0.25) is 0 Å². The summed E-state index contributed by atoms with van der Waals surface area (Å²) in [6.45, 7) is 3.13. The quantitative estimate of drug-likeness (QED) is 0.793. The Morgan fingerprint density at radius 2 is 2.05 bits per heavy atom. The summed E-state index contributed by atoms with van der Waals surface area (Å²) < 4.78 is 0. The number of likely N-dealkylation sites (tertiary alicyclic amines) is 1. The van der Waals surface area contributed by atoms with Crippen LogP contribution in [0.2, 0.25) is 0 Å². The van der Waals surface area contributed by atoms with Crippen molar-refractivity contribution in [1.29, 1.82) is 0 Å². The molecule has 1 aromatic carbocycles. The number of carbonyl (C=O) groups excluding carboxylic acids is 1. The molecular formula is C17H23NO. The highest BCUT2D eigenvalue weighted by Gasteiger charge is 2.26. The third kappa shape index (κ3) is 2.41. The first-order valence-corrected chi connectivity index (χ1v) is 7.72. The summed E-state index contributed by atoms with van der Waals surface area (Å²) in [5, 5.41) is 0. The summed E-state index contributed by atoms with van der Waals surface area (Å²) in [6.07, 6.45) is 8.26. The maximum atomic E-state index is 12.7. The summed E-state index contributed by atoms with van der Waals surface area (Å²) >= 11 is 0. The molecule has 3 rings (SSSR count). The van der Waals surface area contributed by atoms with E-state index in [2.05, 4.69) is 24.0 Å². The van der Waals surface area contributed by atoms with Gasteiger partial charge in [0, 0.05) is 18.2 Å². The van der Waals surface area contributed by atoms with E-state index in [0.717, 1.165) is 31.4 Å². The molecule has 0 bridgehead atoms. The average molecular weight is 257 g/mol. The van der Waals surface area contributed by atoms with Crippen LogP contribution < -0.4 is 0 Å². The van der Waals surface area contributed by atoms with Gasteiger partial charge < -0.3 is 4.90 Å². The van der Waals surface area contributed by atoms with Crippen molar-refractivity contribution in [2.24, 2.45) is 0 Å². The summed E-state index contributed by atoms with van der Waals surface area (Å²) in [5.74, 6) is 0.251. The zero-order valence-electron chi connectivity index (χ0n) is 11.8. The van der Waals surface area contributed by atoms with E-state index < -0.39 is 0 Å². The Balaban J connectivity index is 1.82. The van der Waals surface area contributed by atoms with Crippen LogP contribution in [0.15, 0.2) is 18.2 Å². The zero-order chi connectivity index (χ0) is 13.2. The Morgan fingerprint density at radius 1 is 1.21 bits per heavy atom. The molecule has 102 valence electrons. The lowest BCUT2D eigenvalue weighted by Crippen LogP contribution is -2.43. The molecule has 1 aliphatic carbocycles. The first-order chi connectivity index (χ1) is 9.29. The van der Waals surface area contributed by atoms with E-state index in [-0.39, 0.29) is 5.91 Å². The molecule has 2 aliphatic rings. The minimum atomic E-state index is 0.251. The Bertz CT molecular complexity index is 480. The van der Waals surface area contributed by atoms with Crippen LogP contribution >= 0.6 is 0 Å². The predicted molar refractivity (Wildman–Crippen MR) is 77.4 cm³/mol. The van der Waals surface area contributed by atoms with Gasteiger partial charge in [-0.05, 0) is 68.2 Å². The van der Waals surface area contributed by atoms with Crippen LogP contribution in [-0.4, -0.2) is 23.4 Å². The number of hydrogen-bond acceptors (Lipinski definition) is 1. The first-order valence-electron chi connectivity index (χ1n) is 7.72. The van der Waals surface area contributed by atoms with Crippen molar-refractivity contribution >= 4 is 5.91 Å². The number of fused-ring (bicyclic) bond motifs is 1. The van der Waals surface area contributed by atoms with Gasteiger partial charge in [-0.3, -0.25) is 4.79 Å². The van der Waals surface area contributed by atoms with E-state index >= 15 is 0 Å². The van der Waals surface area contributed by atoms with Gasteiger partial charge in [-0.15, -0.1) is 0 Å². The van der Waals surface area contributed by atoms with E-state index in [1.54, 1.807) is 0 Å². The van der Waals surface area contributed by atoms with Crippen LogP contribution in [0.3, 0.4) is 0 Å². The molecule has 0 spiro atoms. The molecule has 1 aliphatic heterocycles. The second-order valence-corrected chi connectivity index (χ2v) is 5.89. The number of benzene rings is 1. The van der Waals surface area contributed by atoms with Crippen LogP contribution in [0.1, 0.15) is 60.5 Å². The highest BCUT2D eigenvalue weighted by molar-refractivity contribution is 5.94. The molecule has 19 heavy (non-hydrogen) atoms. The van der Waals surface area contributed by atoms with Crippen LogP contribution in [0.25, 0.3) is 0 Å². The molecular weight excluding hydrogens is 234 g/mol. The van der Waals surface area contributed by atoms with Crippen molar-refractivity contribution < 1.29 is 4.79 Å². The molecule has 1 fully saturated rings. The third-order valence-corrected chi connectivity index (χ3v) is 4.70. The fourth-order valence-corrected chi connectivity index (χ4v) is 3.56. The van der Waals surface area contributed by atoms with Gasteiger partial charge in [0.25, 0.3) is 5.91 Å². The lowest BCUT2D eigenvalue weighted by atomic mass is 9.98. The van der Waals surface area contributed by atoms with Crippen molar-refractivity contribution in [3.8, 4) is 0 Å². The summed E-state index contributed by atoms with van der Waals surface area (Å²) in [6, 6.07) is 6.80. The number of nitrogens with zero attached hydrogens (tertiary/aromatic N) is 1. The first kappa shape index (κ1) is 12.7. The number of aryl methyl sites for hydroxylation is 2. The Labute approximate surface area is 115 Å². The van der Waals surface area contributed by atoms with Crippen molar-refractivity contribution in [2.45, 2.75) is 57.9 Å². The number of piperidine rings is 1. The molecule has 0 unspecified atom stereocenters. The van der Waals surface area contributed by atoms with E-state index in [9.17, 15) is 4.79 Å². The molecule has 0 aromatic heterocycles. The standard InChI is InChI=1S/C17H23NO/c1-2-16-8-3-4-11-18(16)17(19)15-10-9-13-6-5-7-14(13)12-15/h9-10,12,16H,2-8,11H2,1H3/t16-/m0/s1. The third-order valence-electron chi connectivity index (χ3n) is 4.70. The van der Waals surface area contributed by atoms with Gasteiger partial charge in [0.05, 0.1) is 0 Å². The topological polar surface area (TPSA) is 20.3 Å². The molecule has 0 saturated carbocycles. The fraction of sp³-hybridized carbons (Fsp3) is 0.588. The van der Waals surface area contributed by atoms with Gasteiger partial charge in [-0.2, -0.15) is 0 Å². The number of hydrogen-bond donors (Lipinski definition) is 0. The largest absolute Gasteiger partial charge is 0.336 e. The summed E-state index contributed by atoms with van der Waals surface area (Å²) in [4.78, 5) is 14.8. The Morgan fingerprint density at radius 3 is 2.89 bits per heavy atom. The molecule has 2 heteroatoms. The second-order valence-electron chi connectivity index (χ2n) is 5.89. The molecule has 1 aromatic rings. The van der Waals surface area contributed by atoms with Gasteiger partial charge in [-0.1, -0.05) is 13.0 Å². The Hall–Kier alpha value is -1.31. The molecule has 1 heterocycles. The smallest absolute Gasteiger partial charge is 0.254 e. The van der Waals surface area contributed by atoms with Crippen LogP contribution in [0, 0.1) is 0 Å². The number of rotatable bonds is 2. The molecule has 0 N–H and O–H groups in total. The van der Waals surface area contributed by atoms with Crippen LogP contribution in [0.4, 0.5) is 0 Å². The van der Waals surface area contributed by atoms with Crippen molar-refractivity contribution in [2.75, 3.05) is 6.54 Å². The number of carbonyl (C=O) groups is 1. The zero-order valence-corrected chi connectivity index (χ0v) is 11.8. The normalized spacial score (nSPS) is 22.4. The minimum absolute atomic E-state index is 0.251. The summed E-state index contributed by atoms with van der Waals surface area (Å²) in [5.41, 5.74) is 3.75. The lowest BCUT2D eigenvalue weighted by Gasteiger charge is -2.35. The van der Waals surface area contributed by atoms with Crippen LogP contribution in [0.5, 0.6) is 0 Å². The highest BCUT2D eigenvalue weighted by Crippen LogP contribution is 2.26. The highest BCUT2D eigenvalue weighted by atomic mass is 16.2. The van der Waals surface area contributed by atoms with E-state index in [1.807, 2.05) is 6.07 Å². The van der Waals surface area contributed by atoms with E-state index in [1.165, 1.54) is 36.8 Å². The van der Waals surface area contributed by atoms with Crippen molar-refractivity contribution in [1.82, 2.24) is 4.90 Å². The SMILES string of the molecule is CC[C@H]1CCCCN1C(=O)c1ccc2c(c1)CCC2. The number of amides is 1. The molecule has 2 nitrogen and oxygen atoms in total. The second kappa shape index (κ2) is 5.36. The molecule has 0 radical (unpaired) electrons. The molecule has 1 saturated heterocycles. The molecule has 1 atom stereocenters. The summed E-state index contributed by atoms with van der Waals surface area (Å²) in [7, 11) is 0. The van der Waals surface area contributed by atoms with Gasteiger partial charge in [0.15, 0.2) is 0 Å². The maximum absolute atomic E-state index is 12.7. The van der Waals surface area contributed by atoms with E-state index in [0.29, 0.717) is 6.04 Å². The monoisotopic (exact) mass is 257 g/mol. The van der Waals surface area contributed by atoms with Crippen molar-refractivity contribution in [3.05, 3.63) is 34.9 Å². The van der Waals surface area contributed by atoms with Gasteiger partial charge in [0.1, 0.15) is 0 Å². The van der Waals surface area contributed by atoms with Crippen LogP contribution in [-0.2, 0) is 12.8 Å². The lowest BCUT2D eigenvalue weighted by molar-refractivity contribution is 0.0608. The Kier molecular flexibility index (Phi) is 3.58. The predicted octanol–water partition coefficient (Wildman–Crippen LogP) is 3.58. The fourth-order valence-electron chi connectivity index (χ4n) is 3.56.